The number of hydrogen-bond donors (Lipinski definition) is 0. The van der Waals surface area contributed by atoms with Gasteiger partial charge >= 0.3 is 0 Å². The van der Waals surface area contributed by atoms with E-state index in [4.69, 9.17) is 0 Å². The molecule has 0 atom stereocenters. The number of nitrogens with zero attached hydrogens (tertiary/aromatic N) is 2. The highest BCUT2D eigenvalue weighted by atomic mass is 16.1. The molecule has 0 amide bonds. The maximum atomic E-state index is 11.5. The van der Waals surface area contributed by atoms with Crippen molar-refractivity contribution in [3.63, 3.8) is 0 Å². The fraction of sp³-hybridized carbons (Fsp3) is 0.333. The van der Waals surface area contributed by atoms with Crippen LogP contribution in [0.2, 0.25) is 0 Å². The molecule has 0 N–H and O–H groups in total. The Labute approximate surface area is 107 Å². The van der Waals surface area contributed by atoms with Crippen LogP contribution in [0.15, 0.2) is 42.7 Å². The summed E-state index contributed by atoms with van der Waals surface area (Å²) in [6, 6.07) is 9.98. The van der Waals surface area contributed by atoms with Gasteiger partial charge in [0, 0.05) is 19.0 Å². The van der Waals surface area contributed by atoms with Crippen LogP contribution < -0.4 is 0 Å². The molecule has 2 rings (SSSR count). The average molecular weight is 242 g/mol. The van der Waals surface area contributed by atoms with E-state index in [-0.39, 0.29) is 0 Å². The molecular formula is C15H18N2O. The Kier molecular flexibility index (Phi) is 4.29. The molecule has 1 aromatic carbocycles. The number of rotatable bonds is 6. The number of Topliss-reactive ketones (excluding diaryl/α,β-unsaturated/α-hetero) is 1. The average Bonchev–Trinajstić information content (AvgIpc) is 2.87. The lowest BCUT2D eigenvalue weighted by molar-refractivity contribution is -0.119. The summed E-state index contributed by atoms with van der Waals surface area (Å²) in [6.07, 6.45) is 6.86. The van der Waals surface area contributed by atoms with Crippen molar-refractivity contribution < 1.29 is 4.79 Å². The van der Waals surface area contributed by atoms with Gasteiger partial charge in [0.2, 0.25) is 0 Å². The van der Waals surface area contributed by atoms with E-state index in [2.05, 4.69) is 5.10 Å². The lowest BCUT2D eigenvalue weighted by atomic mass is 10.1. The zero-order valence-electron chi connectivity index (χ0n) is 10.7. The molecule has 3 heteroatoms. The van der Waals surface area contributed by atoms with Crippen molar-refractivity contribution in [2.45, 2.75) is 32.6 Å². The van der Waals surface area contributed by atoms with Crippen LogP contribution in [0.4, 0.5) is 0 Å². The molecule has 0 saturated heterocycles. The van der Waals surface area contributed by atoms with Crippen LogP contribution in [0.3, 0.4) is 0 Å². The summed E-state index contributed by atoms with van der Waals surface area (Å²) in [6.45, 7) is 2.03. The van der Waals surface area contributed by atoms with Gasteiger partial charge in [0.05, 0.1) is 11.9 Å². The predicted octanol–water partition coefficient (Wildman–Crippen LogP) is 3.17. The van der Waals surface area contributed by atoms with Crippen LogP contribution in [-0.2, 0) is 11.2 Å². The molecule has 3 nitrogen and oxygen atoms in total. The van der Waals surface area contributed by atoms with Gasteiger partial charge < -0.3 is 0 Å². The summed E-state index contributed by atoms with van der Waals surface area (Å²) < 4.78 is 1.85. The first-order valence-corrected chi connectivity index (χ1v) is 6.40. The smallest absolute Gasteiger partial charge is 0.133 e. The third-order valence-electron chi connectivity index (χ3n) is 2.88. The second-order valence-electron chi connectivity index (χ2n) is 4.42. The molecule has 0 spiro atoms. The number of aryl methyl sites for hydroxylation is 1. The highest BCUT2D eigenvalue weighted by Crippen LogP contribution is 2.09. The Bertz CT molecular complexity index is 502. The zero-order chi connectivity index (χ0) is 12.8. The van der Waals surface area contributed by atoms with E-state index in [0.717, 1.165) is 24.1 Å². The topological polar surface area (TPSA) is 34.9 Å². The Morgan fingerprint density at radius 3 is 2.72 bits per heavy atom. The second-order valence-corrected chi connectivity index (χ2v) is 4.42. The van der Waals surface area contributed by atoms with E-state index in [9.17, 15) is 4.79 Å². The first kappa shape index (κ1) is 12.6. The summed E-state index contributed by atoms with van der Waals surface area (Å²) in [4.78, 5) is 11.5. The predicted molar refractivity (Wildman–Crippen MR) is 71.8 cm³/mol. The van der Waals surface area contributed by atoms with Crippen LogP contribution in [0.1, 0.15) is 31.7 Å². The molecule has 0 saturated carbocycles. The van der Waals surface area contributed by atoms with Crippen molar-refractivity contribution in [3.8, 4) is 5.69 Å². The van der Waals surface area contributed by atoms with Gasteiger partial charge in [-0.1, -0.05) is 25.1 Å². The molecule has 0 aliphatic rings. The molecule has 18 heavy (non-hydrogen) atoms. The van der Waals surface area contributed by atoms with Crippen LogP contribution in [0.5, 0.6) is 0 Å². The molecule has 0 fully saturated rings. The molecule has 0 aliphatic carbocycles. The lowest BCUT2D eigenvalue weighted by Gasteiger charge is -1.99. The number of para-hydroxylation sites is 1. The summed E-state index contributed by atoms with van der Waals surface area (Å²) in [5.74, 6) is 0.338. The van der Waals surface area contributed by atoms with Crippen molar-refractivity contribution in [1.29, 1.82) is 0 Å². The van der Waals surface area contributed by atoms with E-state index in [1.54, 1.807) is 0 Å². The van der Waals surface area contributed by atoms with Gasteiger partial charge in [-0.15, -0.1) is 0 Å². The van der Waals surface area contributed by atoms with Crippen LogP contribution in [-0.4, -0.2) is 15.6 Å². The van der Waals surface area contributed by atoms with Crippen molar-refractivity contribution in [2.24, 2.45) is 0 Å². The molecule has 0 radical (unpaired) electrons. The largest absolute Gasteiger partial charge is 0.300 e. The van der Waals surface area contributed by atoms with Gasteiger partial charge in [-0.05, 0) is 30.5 Å². The maximum absolute atomic E-state index is 11.5. The lowest BCUT2D eigenvalue weighted by Crippen LogP contribution is -1.98. The molecule has 0 aliphatic heterocycles. The van der Waals surface area contributed by atoms with E-state index in [1.807, 2.05) is 54.3 Å². The fourth-order valence-electron chi connectivity index (χ4n) is 1.90. The minimum absolute atomic E-state index is 0.338. The minimum Gasteiger partial charge on any atom is -0.300 e. The zero-order valence-corrected chi connectivity index (χ0v) is 10.7. The Morgan fingerprint density at radius 1 is 1.22 bits per heavy atom. The van der Waals surface area contributed by atoms with Crippen LogP contribution in [0, 0.1) is 0 Å². The van der Waals surface area contributed by atoms with Gasteiger partial charge in [0.25, 0.3) is 0 Å². The van der Waals surface area contributed by atoms with E-state index in [1.165, 1.54) is 0 Å². The molecule has 1 heterocycles. The maximum Gasteiger partial charge on any atom is 0.133 e. The minimum atomic E-state index is 0.338. The highest BCUT2D eigenvalue weighted by Gasteiger charge is 2.04. The number of hydrogen-bond acceptors (Lipinski definition) is 2. The SMILES string of the molecule is CCCC(=O)CCc1cnn(-c2ccccc2)c1. The Balaban J connectivity index is 1.97. The highest BCUT2D eigenvalue weighted by molar-refractivity contribution is 5.78. The van der Waals surface area contributed by atoms with Crippen molar-refractivity contribution in [2.75, 3.05) is 0 Å². The number of carbonyl (C=O) groups is 1. The molecule has 2 aromatic rings. The van der Waals surface area contributed by atoms with Gasteiger partial charge in [-0.2, -0.15) is 5.10 Å². The normalized spacial score (nSPS) is 10.5. The summed E-state index contributed by atoms with van der Waals surface area (Å²) in [5.41, 5.74) is 2.16. The summed E-state index contributed by atoms with van der Waals surface area (Å²) in [7, 11) is 0. The van der Waals surface area contributed by atoms with E-state index < -0.39 is 0 Å². The van der Waals surface area contributed by atoms with Gasteiger partial charge in [-0.3, -0.25) is 4.79 Å². The number of carbonyl (C=O) groups excluding carboxylic acids is 1. The number of benzene rings is 1. The van der Waals surface area contributed by atoms with Crippen molar-refractivity contribution in [1.82, 2.24) is 9.78 Å². The standard InChI is InChI=1S/C15H18N2O/c1-2-6-15(18)10-9-13-11-16-17(12-13)14-7-4-3-5-8-14/h3-5,7-8,11-12H,2,6,9-10H2,1H3. The number of aromatic nitrogens is 2. The fourth-order valence-corrected chi connectivity index (χ4v) is 1.90. The molecule has 0 unspecified atom stereocenters. The monoisotopic (exact) mass is 242 g/mol. The first-order chi connectivity index (χ1) is 8.79. The number of ketones is 1. The Morgan fingerprint density at radius 2 is 2.00 bits per heavy atom. The molecule has 0 bridgehead atoms. The van der Waals surface area contributed by atoms with Crippen LogP contribution >= 0.6 is 0 Å². The molecule has 94 valence electrons. The Hall–Kier alpha value is -1.90. The van der Waals surface area contributed by atoms with Gasteiger partial charge in [0.1, 0.15) is 5.78 Å². The van der Waals surface area contributed by atoms with Crippen molar-refractivity contribution in [3.05, 3.63) is 48.3 Å². The van der Waals surface area contributed by atoms with E-state index in [0.29, 0.717) is 18.6 Å². The van der Waals surface area contributed by atoms with Crippen molar-refractivity contribution >= 4 is 5.78 Å². The summed E-state index contributed by atoms with van der Waals surface area (Å²) >= 11 is 0. The van der Waals surface area contributed by atoms with Crippen LogP contribution in [0.25, 0.3) is 5.69 Å². The summed E-state index contributed by atoms with van der Waals surface area (Å²) in [5, 5.41) is 4.32. The van der Waals surface area contributed by atoms with E-state index >= 15 is 0 Å². The quantitative estimate of drug-likeness (QED) is 0.779. The second kappa shape index (κ2) is 6.15. The third kappa shape index (κ3) is 3.29. The molecule has 1 aromatic heterocycles. The first-order valence-electron chi connectivity index (χ1n) is 6.40. The third-order valence-corrected chi connectivity index (χ3v) is 2.88. The van der Waals surface area contributed by atoms with Gasteiger partial charge in [0.15, 0.2) is 0 Å². The molecular weight excluding hydrogens is 224 g/mol. The van der Waals surface area contributed by atoms with Gasteiger partial charge in [-0.25, -0.2) is 4.68 Å².